The van der Waals surface area contributed by atoms with Crippen LogP contribution in [-0.4, -0.2) is 51.9 Å². The Morgan fingerprint density at radius 3 is 3.11 bits per heavy atom. The summed E-state index contributed by atoms with van der Waals surface area (Å²) in [6.07, 6.45) is 6.64. The number of aromatic nitrogens is 3. The number of rotatable bonds is 8. The average molecular weight is 391 g/mol. The van der Waals surface area contributed by atoms with Gasteiger partial charge in [0.2, 0.25) is 0 Å². The van der Waals surface area contributed by atoms with Crippen LogP contribution < -0.4 is 10.6 Å². The molecule has 1 atom stereocenters. The van der Waals surface area contributed by atoms with Gasteiger partial charge in [0.25, 0.3) is 0 Å². The lowest BCUT2D eigenvalue weighted by molar-refractivity contribution is 0.391. The number of hydrogen-bond donors (Lipinski definition) is 2. The van der Waals surface area contributed by atoms with E-state index < -0.39 is 0 Å². The summed E-state index contributed by atoms with van der Waals surface area (Å²) in [5.74, 6) is 5.27. The minimum absolute atomic E-state index is 0.309. The molecule has 8 heteroatoms. The maximum Gasteiger partial charge on any atom is 0.191 e. The summed E-state index contributed by atoms with van der Waals surface area (Å²) in [5.41, 5.74) is 0. The van der Waals surface area contributed by atoms with Gasteiger partial charge in [0.1, 0.15) is 11.6 Å². The van der Waals surface area contributed by atoms with E-state index in [1.54, 1.807) is 6.26 Å². The fourth-order valence-electron chi connectivity index (χ4n) is 3.04. The number of aliphatic imine (C=N–C) groups is 1. The van der Waals surface area contributed by atoms with Crippen LogP contribution in [0.4, 0.5) is 0 Å². The van der Waals surface area contributed by atoms with Gasteiger partial charge < -0.3 is 15.1 Å². The van der Waals surface area contributed by atoms with Crippen molar-refractivity contribution in [2.75, 3.05) is 25.1 Å². The van der Waals surface area contributed by atoms with Crippen molar-refractivity contribution in [1.82, 2.24) is 25.4 Å². The van der Waals surface area contributed by atoms with E-state index in [4.69, 9.17) is 9.41 Å². The highest BCUT2D eigenvalue weighted by Crippen LogP contribution is 2.17. The second-order valence-corrected chi connectivity index (χ2v) is 8.07. The van der Waals surface area contributed by atoms with Crippen molar-refractivity contribution < 1.29 is 4.42 Å². The monoisotopic (exact) mass is 390 g/mol. The van der Waals surface area contributed by atoms with Gasteiger partial charge in [0.15, 0.2) is 11.8 Å². The van der Waals surface area contributed by atoms with Gasteiger partial charge in [-0.2, -0.15) is 16.9 Å². The number of nitrogens with one attached hydrogen (secondary N) is 2. The van der Waals surface area contributed by atoms with Gasteiger partial charge in [-0.25, -0.2) is 9.67 Å². The van der Waals surface area contributed by atoms with E-state index >= 15 is 0 Å². The van der Waals surface area contributed by atoms with Crippen molar-refractivity contribution >= 4 is 17.7 Å². The molecule has 1 unspecified atom stereocenters. The maximum atomic E-state index is 5.40. The van der Waals surface area contributed by atoms with E-state index in [-0.39, 0.29) is 0 Å². The minimum Gasteiger partial charge on any atom is -0.469 e. The van der Waals surface area contributed by atoms with Crippen molar-refractivity contribution in [2.24, 2.45) is 4.99 Å². The summed E-state index contributed by atoms with van der Waals surface area (Å²) in [6, 6.07) is 4.23. The summed E-state index contributed by atoms with van der Waals surface area (Å²) in [7, 11) is 0. The van der Waals surface area contributed by atoms with Crippen LogP contribution in [0.5, 0.6) is 0 Å². The fourth-order valence-corrected chi connectivity index (χ4v) is 3.32. The van der Waals surface area contributed by atoms with Crippen molar-refractivity contribution in [1.29, 1.82) is 0 Å². The van der Waals surface area contributed by atoms with Gasteiger partial charge in [-0.1, -0.05) is 13.8 Å². The number of fused-ring (bicyclic) bond motifs is 1. The molecule has 3 heterocycles. The molecule has 27 heavy (non-hydrogen) atoms. The Balaban J connectivity index is 1.56. The standard InChI is InChI=1S/C19H30N6OS/c1-14(2)18-23-17-7-6-15(13-25(17)24-18)22-19(21-10-12-27-3)20-9-8-16-5-4-11-26-16/h4-5,11,14-15H,6-10,12-13H2,1-3H3,(H2,20,21,22). The molecule has 0 spiro atoms. The molecule has 0 aromatic carbocycles. The number of thioether (sulfide) groups is 1. The van der Waals surface area contributed by atoms with Crippen LogP contribution in [0.25, 0.3) is 0 Å². The smallest absolute Gasteiger partial charge is 0.191 e. The third-order valence-electron chi connectivity index (χ3n) is 4.54. The molecular weight excluding hydrogens is 360 g/mol. The van der Waals surface area contributed by atoms with E-state index in [0.717, 1.165) is 68.0 Å². The molecule has 0 saturated heterocycles. The predicted molar refractivity (Wildman–Crippen MR) is 110 cm³/mol. The van der Waals surface area contributed by atoms with E-state index in [0.29, 0.717) is 12.0 Å². The second kappa shape index (κ2) is 9.82. The molecule has 0 saturated carbocycles. The van der Waals surface area contributed by atoms with E-state index in [1.165, 1.54) is 0 Å². The third-order valence-corrected chi connectivity index (χ3v) is 5.13. The summed E-state index contributed by atoms with van der Waals surface area (Å²) < 4.78 is 7.46. The minimum atomic E-state index is 0.309. The SMILES string of the molecule is CSCCN=C(NCCc1ccco1)NC1CCc2nc(C(C)C)nn2C1. The Bertz CT molecular complexity index is 725. The van der Waals surface area contributed by atoms with Crippen LogP contribution >= 0.6 is 11.8 Å². The van der Waals surface area contributed by atoms with Crippen molar-refractivity contribution in [2.45, 2.75) is 51.6 Å². The van der Waals surface area contributed by atoms with E-state index in [1.807, 2.05) is 23.9 Å². The largest absolute Gasteiger partial charge is 0.469 e. The van der Waals surface area contributed by atoms with Gasteiger partial charge in [-0.3, -0.25) is 4.99 Å². The molecular formula is C19H30N6OS. The number of aryl methyl sites for hydroxylation is 1. The van der Waals surface area contributed by atoms with Gasteiger partial charge >= 0.3 is 0 Å². The third kappa shape index (κ3) is 5.76. The van der Waals surface area contributed by atoms with Gasteiger partial charge in [0.05, 0.1) is 19.4 Å². The van der Waals surface area contributed by atoms with Crippen LogP contribution in [-0.2, 0) is 19.4 Å². The molecule has 1 aliphatic heterocycles. The van der Waals surface area contributed by atoms with E-state index in [9.17, 15) is 0 Å². The summed E-state index contributed by atoms with van der Waals surface area (Å²) in [5, 5.41) is 11.7. The summed E-state index contributed by atoms with van der Waals surface area (Å²) in [4.78, 5) is 9.38. The lowest BCUT2D eigenvalue weighted by atomic mass is 10.1. The summed E-state index contributed by atoms with van der Waals surface area (Å²) in [6.45, 7) is 6.69. The van der Waals surface area contributed by atoms with Crippen LogP contribution in [0.3, 0.4) is 0 Å². The quantitative estimate of drug-likeness (QED) is 0.409. The lowest BCUT2D eigenvalue weighted by Crippen LogP contribution is -2.47. The Hall–Kier alpha value is -1.96. The topological polar surface area (TPSA) is 80.3 Å². The van der Waals surface area contributed by atoms with Crippen LogP contribution in [0.2, 0.25) is 0 Å². The lowest BCUT2D eigenvalue weighted by Gasteiger charge is -2.25. The van der Waals surface area contributed by atoms with Gasteiger partial charge in [0, 0.05) is 37.1 Å². The Morgan fingerprint density at radius 1 is 1.48 bits per heavy atom. The number of hydrogen-bond acceptors (Lipinski definition) is 5. The van der Waals surface area contributed by atoms with Crippen LogP contribution in [0, 0.1) is 0 Å². The maximum absolute atomic E-state index is 5.40. The first-order valence-electron chi connectivity index (χ1n) is 9.65. The molecule has 0 bridgehead atoms. The van der Waals surface area contributed by atoms with E-state index in [2.05, 4.69) is 45.5 Å². The zero-order chi connectivity index (χ0) is 19.1. The molecule has 148 valence electrons. The number of guanidine groups is 1. The Kier molecular flexibility index (Phi) is 7.20. The van der Waals surface area contributed by atoms with Crippen LogP contribution in [0.1, 0.15) is 43.6 Å². The first kappa shape index (κ1) is 19.8. The van der Waals surface area contributed by atoms with Crippen molar-refractivity contribution in [3.63, 3.8) is 0 Å². The zero-order valence-electron chi connectivity index (χ0n) is 16.4. The molecule has 3 rings (SSSR count). The van der Waals surface area contributed by atoms with Crippen molar-refractivity contribution in [3.8, 4) is 0 Å². The molecule has 0 amide bonds. The predicted octanol–water partition coefficient (Wildman–Crippen LogP) is 2.45. The molecule has 2 N–H and O–H groups in total. The molecule has 2 aromatic rings. The Morgan fingerprint density at radius 2 is 2.37 bits per heavy atom. The molecule has 2 aromatic heterocycles. The summed E-state index contributed by atoms with van der Waals surface area (Å²) >= 11 is 1.81. The highest BCUT2D eigenvalue weighted by atomic mass is 32.2. The molecule has 1 aliphatic rings. The van der Waals surface area contributed by atoms with Crippen LogP contribution in [0.15, 0.2) is 27.8 Å². The number of furan rings is 1. The molecule has 0 radical (unpaired) electrons. The molecule has 0 aliphatic carbocycles. The fraction of sp³-hybridized carbons (Fsp3) is 0.632. The average Bonchev–Trinajstić information content (AvgIpc) is 3.30. The zero-order valence-corrected chi connectivity index (χ0v) is 17.3. The molecule has 0 fully saturated rings. The first-order chi connectivity index (χ1) is 13.2. The van der Waals surface area contributed by atoms with Gasteiger partial charge in [-0.05, 0) is 24.8 Å². The number of nitrogens with zero attached hydrogens (tertiary/aromatic N) is 4. The van der Waals surface area contributed by atoms with Crippen molar-refractivity contribution in [3.05, 3.63) is 35.8 Å². The highest BCUT2D eigenvalue weighted by molar-refractivity contribution is 7.98. The first-order valence-corrected chi connectivity index (χ1v) is 11.0. The Labute approximate surface area is 165 Å². The normalized spacial score (nSPS) is 17.2. The molecule has 7 nitrogen and oxygen atoms in total. The second-order valence-electron chi connectivity index (χ2n) is 7.08. The highest BCUT2D eigenvalue weighted by Gasteiger charge is 2.23. The van der Waals surface area contributed by atoms with Gasteiger partial charge in [-0.15, -0.1) is 0 Å².